The standard InChI is InChI=1S/C25H20F3N5O2/c1-3-21-30-14-31-22(33-21)19-8-5-11-29-24(19)35-20-13-18(10-9-15(20)2)32-23(34)16-6-4-7-17(12-16)25(26,27)28/h4-14H,3H2,1-2H3,(H,32,34). The Hall–Kier alpha value is -4.34. The summed E-state index contributed by atoms with van der Waals surface area (Å²) >= 11 is 0. The molecule has 4 aromatic rings. The lowest BCUT2D eigenvalue weighted by atomic mass is 10.1. The molecule has 2 heterocycles. The molecule has 2 aromatic heterocycles. The molecule has 0 unspecified atom stereocenters. The van der Waals surface area contributed by atoms with E-state index in [1.165, 1.54) is 18.5 Å². The first-order chi connectivity index (χ1) is 16.7. The van der Waals surface area contributed by atoms with Crippen molar-refractivity contribution in [1.82, 2.24) is 19.9 Å². The SMILES string of the molecule is CCc1ncnc(-c2cccnc2Oc2cc(NC(=O)c3cccc(C(F)(F)F)c3)ccc2C)n1. The Morgan fingerprint density at radius 3 is 2.63 bits per heavy atom. The third-order valence-electron chi connectivity index (χ3n) is 5.05. The van der Waals surface area contributed by atoms with Crippen molar-refractivity contribution in [2.24, 2.45) is 0 Å². The lowest BCUT2D eigenvalue weighted by Gasteiger charge is -2.13. The van der Waals surface area contributed by atoms with E-state index in [-0.39, 0.29) is 11.4 Å². The Morgan fingerprint density at radius 1 is 1.03 bits per heavy atom. The van der Waals surface area contributed by atoms with Crippen LogP contribution in [0, 0.1) is 6.92 Å². The number of carbonyl (C=O) groups excluding carboxylic acids is 1. The minimum absolute atomic E-state index is 0.114. The Balaban J connectivity index is 1.59. The second-order valence-electron chi connectivity index (χ2n) is 7.55. The number of nitrogens with one attached hydrogen (secondary N) is 1. The molecule has 1 N–H and O–H groups in total. The monoisotopic (exact) mass is 479 g/mol. The van der Waals surface area contributed by atoms with Gasteiger partial charge in [0.1, 0.15) is 17.9 Å². The van der Waals surface area contributed by atoms with Gasteiger partial charge in [0, 0.05) is 29.9 Å². The molecule has 35 heavy (non-hydrogen) atoms. The van der Waals surface area contributed by atoms with E-state index in [9.17, 15) is 18.0 Å². The fraction of sp³-hybridized carbons (Fsp3) is 0.160. The first-order valence-electron chi connectivity index (χ1n) is 10.6. The average Bonchev–Trinajstić information content (AvgIpc) is 2.86. The summed E-state index contributed by atoms with van der Waals surface area (Å²) in [5.41, 5.74) is 0.645. The van der Waals surface area contributed by atoms with Crippen LogP contribution >= 0.6 is 0 Å². The maximum atomic E-state index is 13.0. The highest BCUT2D eigenvalue weighted by molar-refractivity contribution is 6.04. The minimum Gasteiger partial charge on any atom is -0.438 e. The number of anilines is 1. The van der Waals surface area contributed by atoms with Gasteiger partial charge in [0.2, 0.25) is 5.88 Å². The van der Waals surface area contributed by atoms with Gasteiger partial charge in [-0.1, -0.05) is 19.1 Å². The summed E-state index contributed by atoms with van der Waals surface area (Å²) in [6.07, 6.45) is -0.917. The van der Waals surface area contributed by atoms with Gasteiger partial charge in [0.25, 0.3) is 5.91 Å². The van der Waals surface area contributed by atoms with Crippen LogP contribution in [0.2, 0.25) is 0 Å². The Morgan fingerprint density at radius 2 is 1.86 bits per heavy atom. The number of alkyl halides is 3. The number of halogens is 3. The van der Waals surface area contributed by atoms with E-state index in [2.05, 4.69) is 25.3 Å². The van der Waals surface area contributed by atoms with E-state index in [0.717, 1.165) is 17.7 Å². The number of ether oxygens (including phenoxy) is 1. The van der Waals surface area contributed by atoms with E-state index in [0.29, 0.717) is 35.1 Å². The quantitative estimate of drug-likeness (QED) is 0.372. The van der Waals surface area contributed by atoms with Gasteiger partial charge in [-0.3, -0.25) is 4.79 Å². The van der Waals surface area contributed by atoms with E-state index in [1.807, 2.05) is 13.8 Å². The van der Waals surface area contributed by atoms with Gasteiger partial charge >= 0.3 is 6.18 Å². The summed E-state index contributed by atoms with van der Waals surface area (Å²) in [4.78, 5) is 29.6. The smallest absolute Gasteiger partial charge is 0.416 e. The molecule has 0 aliphatic carbocycles. The van der Waals surface area contributed by atoms with Crippen LogP contribution in [-0.4, -0.2) is 25.8 Å². The van der Waals surface area contributed by atoms with Crippen molar-refractivity contribution in [2.45, 2.75) is 26.4 Å². The molecule has 0 saturated heterocycles. The maximum Gasteiger partial charge on any atom is 0.416 e. The van der Waals surface area contributed by atoms with E-state index in [4.69, 9.17) is 4.74 Å². The van der Waals surface area contributed by atoms with Crippen LogP contribution in [0.5, 0.6) is 11.6 Å². The normalized spacial score (nSPS) is 11.2. The first kappa shape index (κ1) is 23.8. The predicted molar refractivity (Wildman–Crippen MR) is 123 cm³/mol. The lowest BCUT2D eigenvalue weighted by molar-refractivity contribution is -0.137. The molecule has 2 aromatic carbocycles. The number of amides is 1. The van der Waals surface area contributed by atoms with Crippen LogP contribution in [-0.2, 0) is 12.6 Å². The van der Waals surface area contributed by atoms with Gasteiger partial charge in [-0.2, -0.15) is 13.2 Å². The number of carbonyl (C=O) groups is 1. The van der Waals surface area contributed by atoms with Crippen LogP contribution < -0.4 is 10.1 Å². The Labute approximate surface area is 199 Å². The zero-order valence-corrected chi connectivity index (χ0v) is 18.8. The summed E-state index contributed by atoms with van der Waals surface area (Å²) in [7, 11) is 0. The summed E-state index contributed by atoms with van der Waals surface area (Å²) in [5, 5.41) is 2.61. The molecule has 0 aliphatic heterocycles. The lowest BCUT2D eigenvalue weighted by Crippen LogP contribution is -2.14. The fourth-order valence-corrected chi connectivity index (χ4v) is 3.20. The number of pyridine rings is 1. The van der Waals surface area contributed by atoms with Crippen LogP contribution in [0.4, 0.5) is 18.9 Å². The van der Waals surface area contributed by atoms with Gasteiger partial charge in [0.15, 0.2) is 5.82 Å². The topological polar surface area (TPSA) is 89.9 Å². The van der Waals surface area contributed by atoms with Gasteiger partial charge in [-0.05, 0) is 48.9 Å². The molecule has 0 radical (unpaired) electrons. The molecular formula is C25H20F3N5O2. The largest absolute Gasteiger partial charge is 0.438 e. The highest BCUT2D eigenvalue weighted by Gasteiger charge is 2.30. The Kier molecular flexibility index (Phi) is 6.72. The number of aryl methyl sites for hydroxylation is 2. The molecule has 0 bridgehead atoms. The van der Waals surface area contributed by atoms with Crippen molar-refractivity contribution in [3.63, 3.8) is 0 Å². The van der Waals surface area contributed by atoms with Crippen LogP contribution in [0.1, 0.15) is 34.2 Å². The third-order valence-corrected chi connectivity index (χ3v) is 5.05. The number of benzene rings is 2. The van der Waals surface area contributed by atoms with Gasteiger partial charge in [-0.15, -0.1) is 0 Å². The van der Waals surface area contributed by atoms with Gasteiger partial charge in [-0.25, -0.2) is 19.9 Å². The molecule has 0 fully saturated rings. The van der Waals surface area contributed by atoms with E-state index >= 15 is 0 Å². The molecular weight excluding hydrogens is 459 g/mol. The molecule has 0 spiro atoms. The third kappa shape index (κ3) is 5.60. The van der Waals surface area contributed by atoms with Crippen molar-refractivity contribution < 1.29 is 22.7 Å². The fourth-order valence-electron chi connectivity index (χ4n) is 3.20. The summed E-state index contributed by atoms with van der Waals surface area (Å²) in [5.74, 6) is 1.01. The highest BCUT2D eigenvalue weighted by atomic mass is 19.4. The molecule has 0 aliphatic rings. The molecule has 7 nitrogen and oxygen atoms in total. The van der Waals surface area contributed by atoms with Crippen LogP contribution in [0.15, 0.2) is 67.1 Å². The Bertz CT molecular complexity index is 1380. The average molecular weight is 479 g/mol. The second kappa shape index (κ2) is 9.88. The molecule has 4 rings (SSSR count). The molecule has 0 atom stereocenters. The maximum absolute atomic E-state index is 13.0. The number of hydrogen-bond acceptors (Lipinski definition) is 6. The van der Waals surface area contributed by atoms with Crippen molar-refractivity contribution >= 4 is 11.6 Å². The van der Waals surface area contributed by atoms with Crippen LogP contribution in [0.25, 0.3) is 11.4 Å². The molecule has 0 saturated carbocycles. The number of hydrogen-bond donors (Lipinski definition) is 1. The van der Waals surface area contributed by atoms with Crippen molar-refractivity contribution in [3.8, 4) is 23.0 Å². The zero-order chi connectivity index (χ0) is 25.0. The highest BCUT2D eigenvalue weighted by Crippen LogP contribution is 2.33. The number of aromatic nitrogens is 4. The number of rotatable bonds is 6. The van der Waals surface area contributed by atoms with Crippen molar-refractivity contribution in [2.75, 3.05) is 5.32 Å². The zero-order valence-electron chi connectivity index (χ0n) is 18.8. The first-order valence-corrected chi connectivity index (χ1v) is 10.6. The second-order valence-corrected chi connectivity index (χ2v) is 7.55. The summed E-state index contributed by atoms with van der Waals surface area (Å²) in [6, 6.07) is 12.6. The minimum atomic E-state index is -4.54. The van der Waals surface area contributed by atoms with E-state index in [1.54, 1.807) is 36.5 Å². The van der Waals surface area contributed by atoms with Gasteiger partial charge < -0.3 is 10.1 Å². The van der Waals surface area contributed by atoms with E-state index < -0.39 is 17.6 Å². The molecule has 1 amide bonds. The summed E-state index contributed by atoms with van der Waals surface area (Å²) in [6.45, 7) is 3.75. The molecule has 178 valence electrons. The predicted octanol–water partition coefficient (Wildman–Crippen LogP) is 5.87. The molecule has 10 heteroatoms. The van der Waals surface area contributed by atoms with Crippen LogP contribution in [0.3, 0.4) is 0 Å². The van der Waals surface area contributed by atoms with Gasteiger partial charge in [0.05, 0.1) is 11.1 Å². The van der Waals surface area contributed by atoms with Crippen molar-refractivity contribution in [3.05, 3.63) is 89.6 Å². The summed E-state index contributed by atoms with van der Waals surface area (Å²) < 4.78 is 45.0. The number of nitrogens with zero attached hydrogens (tertiary/aromatic N) is 4. The van der Waals surface area contributed by atoms with Crippen molar-refractivity contribution in [1.29, 1.82) is 0 Å².